The molecule has 178 valence electrons. The van der Waals surface area contributed by atoms with Gasteiger partial charge in [0.1, 0.15) is 5.78 Å². The molecule has 1 heterocycles. The number of hydrogen-bond donors (Lipinski definition) is 0. The third kappa shape index (κ3) is 3.74. The molecule has 0 aromatic rings. The minimum Gasteiger partial charge on any atom is -0.353 e. The lowest BCUT2D eigenvalue weighted by atomic mass is 9.44. The molecule has 1 aliphatic heterocycles. The molecule has 4 aliphatic carbocycles. The van der Waals surface area contributed by atoms with Crippen molar-refractivity contribution in [2.75, 3.05) is 13.2 Å². The van der Waals surface area contributed by atoms with Gasteiger partial charge in [-0.05, 0) is 112 Å². The van der Waals surface area contributed by atoms with E-state index in [2.05, 4.69) is 13.8 Å². The van der Waals surface area contributed by atoms with Crippen molar-refractivity contribution in [1.29, 1.82) is 0 Å². The number of carbonyl (C=O) groups is 2. The van der Waals surface area contributed by atoms with Crippen LogP contribution in [0.4, 0.5) is 0 Å². The van der Waals surface area contributed by atoms with Gasteiger partial charge in [0.25, 0.3) is 0 Å². The van der Waals surface area contributed by atoms with Crippen LogP contribution in [-0.4, -0.2) is 31.1 Å². The molecule has 0 spiro atoms. The fourth-order valence-corrected chi connectivity index (χ4v) is 8.86. The lowest BCUT2D eigenvalue weighted by molar-refractivity contribution is -0.168. The maximum absolute atomic E-state index is 12.5. The zero-order chi connectivity index (χ0) is 22.5. The van der Waals surface area contributed by atoms with Crippen molar-refractivity contribution < 1.29 is 19.1 Å². The highest BCUT2D eigenvalue weighted by molar-refractivity contribution is 5.91. The van der Waals surface area contributed by atoms with E-state index in [4.69, 9.17) is 9.47 Å². The molecular formula is C28H42O4. The Labute approximate surface area is 193 Å². The van der Waals surface area contributed by atoms with E-state index in [0.29, 0.717) is 41.7 Å². The average Bonchev–Trinajstić information content (AvgIpc) is 3.13. The minimum atomic E-state index is -0.0333. The van der Waals surface area contributed by atoms with Crippen LogP contribution >= 0.6 is 0 Å². The van der Waals surface area contributed by atoms with Gasteiger partial charge >= 0.3 is 0 Å². The molecule has 0 amide bonds. The van der Waals surface area contributed by atoms with Gasteiger partial charge in [-0.2, -0.15) is 0 Å². The normalized spacial score (nSPS) is 46.1. The molecule has 32 heavy (non-hydrogen) atoms. The second kappa shape index (κ2) is 8.65. The van der Waals surface area contributed by atoms with Crippen LogP contribution in [0.3, 0.4) is 0 Å². The number of Topliss-reactive ketones (excluding diaryl/α,β-unsaturated/α-hetero) is 1. The number of hydrogen-bond acceptors (Lipinski definition) is 4. The summed E-state index contributed by atoms with van der Waals surface area (Å²) in [7, 11) is 0. The Morgan fingerprint density at radius 2 is 1.97 bits per heavy atom. The van der Waals surface area contributed by atoms with Gasteiger partial charge in [-0.25, -0.2) is 0 Å². The lowest BCUT2D eigenvalue weighted by Crippen LogP contribution is -2.54. The monoisotopic (exact) mass is 442 g/mol. The number of carbonyl (C=O) groups excluding carboxylic acids is 2. The summed E-state index contributed by atoms with van der Waals surface area (Å²) in [5.41, 5.74) is 1.73. The van der Waals surface area contributed by atoms with E-state index in [-0.39, 0.29) is 23.0 Å². The van der Waals surface area contributed by atoms with Gasteiger partial charge in [-0.3, -0.25) is 9.59 Å². The van der Waals surface area contributed by atoms with Gasteiger partial charge in [0.2, 0.25) is 0 Å². The summed E-state index contributed by atoms with van der Waals surface area (Å²) in [6.07, 6.45) is 13.7. The third-order valence-corrected chi connectivity index (χ3v) is 10.6. The largest absolute Gasteiger partial charge is 0.353 e. The Kier molecular flexibility index (Phi) is 6.16. The van der Waals surface area contributed by atoms with Crippen LogP contribution in [0.2, 0.25) is 0 Å². The van der Waals surface area contributed by atoms with Crippen LogP contribution in [0, 0.1) is 40.4 Å². The molecule has 0 N–H and O–H groups in total. The number of fused-ring (bicyclic) bond motifs is 5. The minimum absolute atomic E-state index is 0.0333. The average molecular weight is 443 g/mol. The van der Waals surface area contributed by atoms with E-state index >= 15 is 0 Å². The van der Waals surface area contributed by atoms with Crippen molar-refractivity contribution >= 4 is 11.6 Å². The van der Waals surface area contributed by atoms with Gasteiger partial charge in [-0.15, -0.1) is 0 Å². The van der Waals surface area contributed by atoms with Gasteiger partial charge in [0, 0.05) is 18.9 Å². The predicted octanol–water partition coefficient (Wildman–Crippen LogP) is 5.88. The second-order valence-electron chi connectivity index (χ2n) is 12.0. The quantitative estimate of drug-likeness (QED) is 0.533. The maximum atomic E-state index is 12.5. The molecule has 4 heteroatoms. The second-order valence-corrected chi connectivity index (χ2v) is 12.0. The van der Waals surface area contributed by atoms with E-state index in [0.717, 1.165) is 51.7 Å². The van der Waals surface area contributed by atoms with E-state index in [1.807, 2.05) is 13.0 Å². The van der Waals surface area contributed by atoms with Crippen molar-refractivity contribution in [2.24, 2.45) is 40.4 Å². The SMILES string of the molecule is CC(=O)[C@H]1CC[C@H]2[C@@H]3[C@H](CCOC4CCCCO4)CC4=CC(=O)CC[C@]4(C)[C@H]3CC[C@]12C. The van der Waals surface area contributed by atoms with Crippen LogP contribution in [0.5, 0.6) is 0 Å². The van der Waals surface area contributed by atoms with Crippen LogP contribution in [0.1, 0.15) is 91.4 Å². The van der Waals surface area contributed by atoms with E-state index in [1.54, 1.807) is 0 Å². The molecule has 0 radical (unpaired) electrons. The summed E-state index contributed by atoms with van der Waals surface area (Å²) in [6, 6.07) is 0. The molecule has 1 unspecified atom stereocenters. The van der Waals surface area contributed by atoms with Crippen molar-refractivity contribution in [1.82, 2.24) is 0 Å². The number of allylic oxidation sites excluding steroid dienone is 1. The summed E-state index contributed by atoms with van der Waals surface area (Å²) in [4.78, 5) is 24.9. The smallest absolute Gasteiger partial charge is 0.157 e. The molecule has 4 nitrogen and oxygen atoms in total. The van der Waals surface area contributed by atoms with E-state index in [9.17, 15) is 9.59 Å². The summed E-state index contributed by atoms with van der Waals surface area (Å²) in [5.74, 6) is 3.40. The summed E-state index contributed by atoms with van der Waals surface area (Å²) in [6.45, 7) is 8.25. The Balaban J connectivity index is 1.40. The highest BCUT2D eigenvalue weighted by Crippen LogP contribution is 2.68. The molecule has 0 aromatic carbocycles. The van der Waals surface area contributed by atoms with Gasteiger partial charge in [0.15, 0.2) is 12.1 Å². The molecule has 5 aliphatic rings. The summed E-state index contributed by atoms with van der Waals surface area (Å²) >= 11 is 0. The van der Waals surface area contributed by atoms with Crippen LogP contribution in [0.25, 0.3) is 0 Å². The van der Waals surface area contributed by atoms with Gasteiger partial charge in [0.05, 0.1) is 6.61 Å². The van der Waals surface area contributed by atoms with E-state index in [1.165, 1.54) is 31.3 Å². The number of rotatable bonds is 5. The molecule has 8 atom stereocenters. The van der Waals surface area contributed by atoms with Crippen LogP contribution in [-0.2, 0) is 19.1 Å². The zero-order valence-electron chi connectivity index (χ0n) is 20.4. The van der Waals surface area contributed by atoms with Crippen LogP contribution in [0.15, 0.2) is 11.6 Å². The molecule has 3 saturated carbocycles. The van der Waals surface area contributed by atoms with Crippen molar-refractivity contribution in [3.8, 4) is 0 Å². The van der Waals surface area contributed by atoms with Gasteiger partial charge in [-0.1, -0.05) is 19.4 Å². The van der Waals surface area contributed by atoms with Gasteiger partial charge < -0.3 is 9.47 Å². The first-order valence-corrected chi connectivity index (χ1v) is 13.3. The third-order valence-electron chi connectivity index (χ3n) is 10.6. The molecule has 5 rings (SSSR count). The van der Waals surface area contributed by atoms with E-state index < -0.39 is 0 Å². The summed E-state index contributed by atoms with van der Waals surface area (Å²) in [5, 5.41) is 0. The molecule has 0 bridgehead atoms. The zero-order valence-corrected chi connectivity index (χ0v) is 20.4. The van der Waals surface area contributed by atoms with Crippen molar-refractivity contribution in [3.63, 3.8) is 0 Å². The fourth-order valence-electron chi connectivity index (χ4n) is 8.86. The maximum Gasteiger partial charge on any atom is 0.157 e. The highest BCUT2D eigenvalue weighted by Gasteiger charge is 2.61. The Morgan fingerprint density at radius 1 is 1.12 bits per heavy atom. The summed E-state index contributed by atoms with van der Waals surface area (Å²) < 4.78 is 12.0. The standard InChI is InChI=1S/C28H42O4/c1-18(29)22-7-8-23-26-19(11-15-32-25-6-4-5-14-31-25)16-20-17-21(30)9-12-27(20,2)24(26)10-13-28(22,23)3/h17,19,22-26H,4-16H2,1-3H3/t19-,22-,23+,24+,25?,26+,27+,28-/m1/s1. The lowest BCUT2D eigenvalue weighted by Gasteiger charge is -2.60. The predicted molar refractivity (Wildman–Crippen MR) is 124 cm³/mol. The number of ketones is 2. The fraction of sp³-hybridized carbons (Fsp3) is 0.857. The van der Waals surface area contributed by atoms with Crippen molar-refractivity contribution in [3.05, 3.63) is 11.6 Å². The molecule has 4 fully saturated rings. The number of ether oxygens (including phenoxy) is 2. The Bertz CT molecular complexity index is 780. The molecule has 0 aromatic heterocycles. The topological polar surface area (TPSA) is 52.6 Å². The Hall–Kier alpha value is -1.00. The Morgan fingerprint density at radius 3 is 2.72 bits per heavy atom. The molecule has 1 saturated heterocycles. The van der Waals surface area contributed by atoms with Crippen LogP contribution < -0.4 is 0 Å². The first kappa shape index (κ1) is 22.8. The molecular weight excluding hydrogens is 400 g/mol. The first-order chi connectivity index (χ1) is 15.3. The first-order valence-electron chi connectivity index (χ1n) is 13.3. The van der Waals surface area contributed by atoms with Crippen molar-refractivity contribution in [2.45, 2.75) is 97.7 Å². The highest BCUT2D eigenvalue weighted by atomic mass is 16.7.